The first kappa shape index (κ1) is 14.7. The summed E-state index contributed by atoms with van der Waals surface area (Å²) < 4.78 is 0. The molecule has 19 heavy (non-hydrogen) atoms. The molecule has 1 atom stereocenters. The van der Waals surface area contributed by atoms with Crippen LogP contribution in [0.5, 0.6) is 0 Å². The van der Waals surface area contributed by atoms with Crippen molar-refractivity contribution in [2.45, 2.75) is 13.0 Å². The van der Waals surface area contributed by atoms with E-state index >= 15 is 0 Å². The maximum Gasteiger partial charge on any atom is 0.0514 e. The van der Waals surface area contributed by atoms with E-state index in [0.29, 0.717) is 15.1 Å². The molecular formula is C15H14Cl3N. The third-order valence-corrected chi connectivity index (χ3v) is 3.95. The number of halogens is 3. The largest absolute Gasteiger partial charge is 0.313 e. The molecule has 0 radical (unpaired) electrons. The topological polar surface area (TPSA) is 12.0 Å². The molecule has 4 heteroatoms. The summed E-state index contributed by atoms with van der Waals surface area (Å²) in [6, 6.07) is 11.7. The number of hydrogen-bond acceptors (Lipinski definition) is 1. The smallest absolute Gasteiger partial charge is 0.0514 e. The van der Waals surface area contributed by atoms with Crippen molar-refractivity contribution in [3.63, 3.8) is 0 Å². The number of rotatable bonds is 3. The number of benzene rings is 2. The standard InChI is InChI=1S/C15H14Cl3N/c1-9(19-2)11-5-3-4-6-12(11)15-13(17)7-10(16)8-14(15)18/h3-9,19H,1-2H3. The van der Waals surface area contributed by atoms with Gasteiger partial charge >= 0.3 is 0 Å². The number of nitrogens with one attached hydrogen (secondary N) is 1. The van der Waals surface area contributed by atoms with E-state index in [2.05, 4.69) is 18.3 Å². The second-order valence-corrected chi connectivity index (χ2v) is 5.59. The van der Waals surface area contributed by atoms with Crippen molar-refractivity contribution < 1.29 is 0 Å². The van der Waals surface area contributed by atoms with E-state index in [1.54, 1.807) is 12.1 Å². The summed E-state index contributed by atoms with van der Waals surface area (Å²) in [5, 5.41) is 4.90. The van der Waals surface area contributed by atoms with Crippen molar-refractivity contribution in [1.82, 2.24) is 5.32 Å². The zero-order chi connectivity index (χ0) is 14.0. The van der Waals surface area contributed by atoms with Gasteiger partial charge in [0, 0.05) is 16.6 Å². The van der Waals surface area contributed by atoms with Crippen molar-refractivity contribution in [3.8, 4) is 11.1 Å². The fourth-order valence-electron chi connectivity index (χ4n) is 2.06. The molecule has 2 aromatic rings. The molecule has 1 nitrogen and oxygen atoms in total. The van der Waals surface area contributed by atoms with Crippen molar-refractivity contribution in [2.24, 2.45) is 0 Å². The third kappa shape index (κ3) is 3.06. The van der Waals surface area contributed by atoms with Crippen LogP contribution < -0.4 is 5.32 Å². The predicted molar refractivity (Wildman–Crippen MR) is 84.4 cm³/mol. The lowest BCUT2D eigenvalue weighted by atomic mass is 9.95. The summed E-state index contributed by atoms with van der Waals surface area (Å²) in [4.78, 5) is 0. The Morgan fingerprint density at radius 3 is 2.16 bits per heavy atom. The average Bonchev–Trinajstić information content (AvgIpc) is 2.37. The zero-order valence-corrected chi connectivity index (χ0v) is 12.9. The SMILES string of the molecule is CNC(C)c1ccccc1-c1c(Cl)cc(Cl)cc1Cl. The second kappa shape index (κ2) is 6.15. The Hall–Kier alpha value is -0.730. The Labute approximate surface area is 128 Å². The lowest BCUT2D eigenvalue weighted by Gasteiger charge is -2.17. The summed E-state index contributed by atoms with van der Waals surface area (Å²) in [5.41, 5.74) is 3.00. The Morgan fingerprint density at radius 2 is 1.58 bits per heavy atom. The highest BCUT2D eigenvalue weighted by Crippen LogP contribution is 2.40. The Kier molecular flexibility index (Phi) is 4.75. The zero-order valence-electron chi connectivity index (χ0n) is 10.7. The van der Waals surface area contributed by atoms with Crippen LogP contribution in [-0.2, 0) is 0 Å². The predicted octanol–water partition coefficient (Wildman–Crippen LogP) is 5.59. The maximum atomic E-state index is 6.30. The fourth-order valence-corrected chi connectivity index (χ4v) is 3.08. The molecule has 0 aliphatic carbocycles. The molecule has 2 aromatic carbocycles. The molecule has 1 N–H and O–H groups in total. The van der Waals surface area contributed by atoms with Gasteiger partial charge in [0.05, 0.1) is 10.0 Å². The van der Waals surface area contributed by atoms with Gasteiger partial charge in [0.2, 0.25) is 0 Å². The van der Waals surface area contributed by atoms with Crippen LogP contribution >= 0.6 is 34.8 Å². The van der Waals surface area contributed by atoms with Gasteiger partial charge in [-0.05, 0) is 37.2 Å². The summed E-state index contributed by atoms with van der Waals surface area (Å²) in [6.07, 6.45) is 0. The quantitative estimate of drug-likeness (QED) is 0.778. The van der Waals surface area contributed by atoms with Crippen molar-refractivity contribution in [2.75, 3.05) is 7.05 Å². The van der Waals surface area contributed by atoms with Gasteiger partial charge in [-0.25, -0.2) is 0 Å². The molecule has 0 aliphatic rings. The Bertz CT molecular complexity index is 573. The second-order valence-electron chi connectivity index (χ2n) is 4.34. The monoisotopic (exact) mass is 313 g/mol. The highest BCUT2D eigenvalue weighted by molar-refractivity contribution is 6.41. The van der Waals surface area contributed by atoms with Crippen molar-refractivity contribution in [1.29, 1.82) is 0 Å². The molecule has 0 spiro atoms. The van der Waals surface area contributed by atoms with E-state index in [1.165, 1.54) is 0 Å². The van der Waals surface area contributed by atoms with E-state index in [0.717, 1.165) is 16.7 Å². The van der Waals surface area contributed by atoms with Crippen LogP contribution in [-0.4, -0.2) is 7.05 Å². The van der Waals surface area contributed by atoms with E-state index < -0.39 is 0 Å². The van der Waals surface area contributed by atoms with E-state index in [9.17, 15) is 0 Å². The summed E-state index contributed by atoms with van der Waals surface area (Å²) >= 11 is 18.6. The highest BCUT2D eigenvalue weighted by atomic mass is 35.5. The van der Waals surface area contributed by atoms with Crippen LogP contribution in [0.15, 0.2) is 36.4 Å². The van der Waals surface area contributed by atoms with Crippen LogP contribution in [0.25, 0.3) is 11.1 Å². The first-order chi connectivity index (χ1) is 9.04. The van der Waals surface area contributed by atoms with Crippen LogP contribution in [0.2, 0.25) is 15.1 Å². The summed E-state index contributed by atoms with van der Waals surface area (Å²) in [6.45, 7) is 2.09. The number of hydrogen-bond donors (Lipinski definition) is 1. The molecule has 0 saturated heterocycles. The Morgan fingerprint density at radius 1 is 1.00 bits per heavy atom. The van der Waals surface area contributed by atoms with E-state index in [-0.39, 0.29) is 6.04 Å². The molecule has 0 saturated carbocycles. The fraction of sp³-hybridized carbons (Fsp3) is 0.200. The molecule has 2 rings (SSSR count). The lowest BCUT2D eigenvalue weighted by Crippen LogP contribution is -2.13. The first-order valence-corrected chi connectivity index (χ1v) is 7.09. The lowest BCUT2D eigenvalue weighted by molar-refractivity contribution is 0.654. The van der Waals surface area contributed by atoms with Gasteiger partial charge in [-0.15, -0.1) is 0 Å². The van der Waals surface area contributed by atoms with Gasteiger partial charge in [0.25, 0.3) is 0 Å². The third-order valence-electron chi connectivity index (χ3n) is 3.14. The van der Waals surface area contributed by atoms with E-state index in [1.807, 2.05) is 25.2 Å². The van der Waals surface area contributed by atoms with Crippen LogP contribution in [0.3, 0.4) is 0 Å². The van der Waals surface area contributed by atoms with Gasteiger partial charge in [0.15, 0.2) is 0 Å². The van der Waals surface area contributed by atoms with Crippen LogP contribution in [0, 0.1) is 0 Å². The average molecular weight is 315 g/mol. The molecule has 0 amide bonds. The van der Waals surface area contributed by atoms with Crippen LogP contribution in [0.4, 0.5) is 0 Å². The molecule has 0 fully saturated rings. The highest BCUT2D eigenvalue weighted by Gasteiger charge is 2.15. The molecule has 100 valence electrons. The minimum atomic E-state index is 0.207. The normalized spacial score (nSPS) is 12.5. The van der Waals surface area contributed by atoms with E-state index in [4.69, 9.17) is 34.8 Å². The first-order valence-electron chi connectivity index (χ1n) is 5.95. The van der Waals surface area contributed by atoms with Crippen LogP contribution in [0.1, 0.15) is 18.5 Å². The Balaban J connectivity index is 2.66. The van der Waals surface area contributed by atoms with Gasteiger partial charge in [-0.1, -0.05) is 59.1 Å². The minimum absolute atomic E-state index is 0.207. The minimum Gasteiger partial charge on any atom is -0.313 e. The summed E-state index contributed by atoms with van der Waals surface area (Å²) in [7, 11) is 1.92. The molecule has 0 heterocycles. The molecule has 0 bridgehead atoms. The molecule has 1 unspecified atom stereocenters. The summed E-state index contributed by atoms with van der Waals surface area (Å²) in [5.74, 6) is 0. The van der Waals surface area contributed by atoms with Gasteiger partial charge < -0.3 is 5.32 Å². The van der Waals surface area contributed by atoms with Gasteiger partial charge in [-0.2, -0.15) is 0 Å². The molecule has 0 aliphatic heterocycles. The van der Waals surface area contributed by atoms with Gasteiger partial charge in [-0.3, -0.25) is 0 Å². The van der Waals surface area contributed by atoms with Crippen molar-refractivity contribution in [3.05, 3.63) is 57.0 Å². The molecular weight excluding hydrogens is 301 g/mol. The van der Waals surface area contributed by atoms with Crippen molar-refractivity contribution >= 4 is 34.8 Å². The van der Waals surface area contributed by atoms with Gasteiger partial charge in [0.1, 0.15) is 0 Å². The molecule has 0 aromatic heterocycles. The maximum absolute atomic E-state index is 6.30.